The summed E-state index contributed by atoms with van der Waals surface area (Å²) in [6, 6.07) is 13.2. The van der Waals surface area contributed by atoms with E-state index in [4.69, 9.17) is 44.9 Å². The predicted octanol–water partition coefficient (Wildman–Crippen LogP) is 5.38. The third-order valence-electron chi connectivity index (χ3n) is 4.47. The molecule has 1 aliphatic rings. The van der Waals surface area contributed by atoms with Gasteiger partial charge in [0.2, 0.25) is 0 Å². The van der Waals surface area contributed by atoms with Crippen LogP contribution in [-0.2, 0) is 11.3 Å². The summed E-state index contributed by atoms with van der Waals surface area (Å²) in [5.74, 6) is 0.766. The van der Waals surface area contributed by atoms with Crippen molar-refractivity contribution in [1.82, 2.24) is 4.90 Å². The molecule has 1 atom stereocenters. The van der Waals surface area contributed by atoms with Gasteiger partial charge in [-0.15, -0.1) is 0 Å². The van der Waals surface area contributed by atoms with E-state index in [1.807, 2.05) is 42.5 Å². The van der Waals surface area contributed by atoms with E-state index in [1.54, 1.807) is 7.11 Å². The Kier molecular flexibility index (Phi) is 7.19. The second-order valence-corrected chi connectivity index (χ2v) is 7.58. The largest absolute Gasteiger partial charge is 0.497 e. The molecule has 3 rings (SSSR count). The van der Waals surface area contributed by atoms with Crippen LogP contribution < -0.4 is 10.1 Å². The summed E-state index contributed by atoms with van der Waals surface area (Å²) in [6.45, 7) is 1.98. The van der Waals surface area contributed by atoms with Gasteiger partial charge in [-0.05, 0) is 49.3 Å². The highest BCUT2D eigenvalue weighted by Crippen LogP contribution is 2.27. The van der Waals surface area contributed by atoms with Crippen LogP contribution in [0.1, 0.15) is 18.4 Å². The number of hydrogen-bond acceptors (Lipinski definition) is 3. The number of benzene rings is 2. The average molecular weight is 425 g/mol. The van der Waals surface area contributed by atoms with Crippen molar-refractivity contribution in [3.8, 4) is 5.75 Å². The number of nitrogens with zero attached hydrogens (tertiary/aromatic N) is 1. The number of ether oxygens (including phenoxy) is 2. The smallest absolute Gasteiger partial charge is 0.173 e. The molecule has 1 aliphatic heterocycles. The number of rotatable bonds is 6. The summed E-state index contributed by atoms with van der Waals surface area (Å²) in [5.41, 5.74) is 1.72. The van der Waals surface area contributed by atoms with Gasteiger partial charge in [-0.3, -0.25) is 0 Å². The van der Waals surface area contributed by atoms with Gasteiger partial charge in [-0.2, -0.15) is 0 Å². The van der Waals surface area contributed by atoms with Crippen LogP contribution in [0.5, 0.6) is 5.75 Å². The van der Waals surface area contributed by atoms with Crippen molar-refractivity contribution in [2.24, 2.45) is 0 Å². The Hall–Kier alpha value is -1.53. The topological polar surface area (TPSA) is 33.7 Å². The lowest BCUT2D eigenvalue weighted by Crippen LogP contribution is -2.39. The average Bonchev–Trinajstić information content (AvgIpc) is 3.17. The summed E-state index contributed by atoms with van der Waals surface area (Å²) in [7, 11) is 1.64. The van der Waals surface area contributed by atoms with Crippen molar-refractivity contribution in [3.63, 3.8) is 0 Å². The van der Waals surface area contributed by atoms with Gasteiger partial charge in [0.25, 0.3) is 0 Å². The van der Waals surface area contributed by atoms with Crippen LogP contribution in [-0.4, -0.2) is 36.4 Å². The van der Waals surface area contributed by atoms with Crippen LogP contribution in [0.25, 0.3) is 0 Å². The lowest BCUT2D eigenvalue weighted by atomic mass is 10.2. The van der Waals surface area contributed by atoms with Crippen molar-refractivity contribution in [3.05, 3.63) is 58.1 Å². The van der Waals surface area contributed by atoms with Crippen molar-refractivity contribution in [2.75, 3.05) is 25.6 Å². The van der Waals surface area contributed by atoms with Crippen molar-refractivity contribution in [1.29, 1.82) is 0 Å². The first kappa shape index (κ1) is 20.2. The van der Waals surface area contributed by atoms with Crippen molar-refractivity contribution < 1.29 is 9.47 Å². The maximum atomic E-state index is 6.37. The zero-order chi connectivity index (χ0) is 19.2. The highest BCUT2D eigenvalue weighted by Gasteiger charge is 2.22. The van der Waals surface area contributed by atoms with Gasteiger partial charge < -0.3 is 19.7 Å². The van der Waals surface area contributed by atoms with Crippen molar-refractivity contribution >= 4 is 46.2 Å². The third-order valence-corrected chi connectivity index (χ3v) is 5.54. The Labute approximate surface area is 175 Å². The summed E-state index contributed by atoms with van der Waals surface area (Å²) in [6.07, 6.45) is 2.24. The lowest BCUT2D eigenvalue weighted by Gasteiger charge is -2.29. The lowest BCUT2D eigenvalue weighted by molar-refractivity contribution is 0.0905. The molecule has 1 N–H and O–H groups in total. The van der Waals surface area contributed by atoms with E-state index in [-0.39, 0.29) is 6.10 Å². The van der Waals surface area contributed by atoms with E-state index in [1.165, 1.54) is 0 Å². The molecule has 27 heavy (non-hydrogen) atoms. The van der Waals surface area contributed by atoms with Crippen LogP contribution in [0.3, 0.4) is 0 Å². The Morgan fingerprint density at radius 1 is 1.26 bits per heavy atom. The Morgan fingerprint density at radius 2 is 2.00 bits per heavy atom. The third kappa shape index (κ3) is 5.48. The molecule has 0 saturated carbocycles. The standard InChI is InChI=1S/C20H22Cl2N2O2S/c1-25-15-6-2-5-14(11-15)23-20(27)24(12-16-7-4-10-26-16)13-17-18(21)8-3-9-19(17)22/h2-3,5-6,8-9,11,16H,4,7,10,12-13H2,1H3,(H,23,27). The molecule has 1 heterocycles. The zero-order valence-electron chi connectivity index (χ0n) is 15.1. The quantitative estimate of drug-likeness (QED) is 0.629. The van der Waals surface area contributed by atoms with E-state index in [0.29, 0.717) is 28.2 Å². The molecule has 1 saturated heterocycles. The van der Waals surface area contributed by atoms with Crippen LogP contribution in [0.15, 0.2) is 42.5 Å². The Morgan fingerprint density at radius 3 is 2.67 bits per heavy atom. The van der Waals surface area contributed by atoms with Gasteiger partial charge in [-0.25, -0.2) is 0 Å². The first-order valence-corrected chi connectivity index (χ1v) is 9.97. The molecular formula is C20H22Cl2N2O2S. The number of halogens is 2. The van der Waals surface area contributed by atoms with E-state index >= 15 is 0 Å². The number of thiocarbonyl (C=S) groups is 1. The van der Waals surface area contributed by atoms with E-state index in [9.17, 15) is 0 Å². The van der Waals surface area contributed by atoms with Gasteiger partial charge in [-0.1, -0.05) is 35.3 Å². The second-order valence-electron chi connectivity index (χ2n) is 6.38. The predicted molar refractivity (Wildman–Crippen MR) is 115 cm³/mol. The molecule has 2 aromatic carbocycles. The molecule has 144 valence electrons. The van der Waals surface area contributed by atoms with Gasteiger partial charge in [0, 0.05) is 47.1 Å². The highest BCUT2D eigenvalue weighted by molar-refractivity contribution is 7.80. The molecule has 1 unspecified atom stereocenters. The molecular weight excluding hydrogens is 403 g/mol. The van der Waals surface area contributed by atoms with Gasteiger partial charge in [0.05, 0.1) is 13.2 Å². The van der Waals surface area contributed by atoms with E-state index < -0.39 is 0 Å². The zero-order valence-corrected chi connectivity index (χ0v) is 17.4. The molecule has 0 radical (unpaired) electrons. The van der Waals surface area contributed by atoms with Gasteiger partial charge in [0.1, 0.15) is 5.75 Å². The van der Waals surface area contributed by atoms with Gasteiger partial charge >= 0.3 is 0 Å². The molecule has 0 spiro atoms. The minimum absolute atomic E-state index is 0.149. The van der Waals surface area contributed by atoms with Crippen LogP contribution >= 0.6 is 35.4 Å². The number of anilines is 1. The van der Waals surface area contributed by atoms with E-state index in [2.05, 4.69) is 10.2 Å². The molecule has 0 bridgehead atoms. The number of hydrogen-bond donors (Lipinski definition) is 1. The fourth-order valence-electron chi connectivity index (χ4n) is 3.03. The van der Waals surface area contributed by atoms with Crippen molar-refractivity contribution in [2.45, 2.75) is 25.5 Å². The highest BCUT2D eigenvalue weighted by atomic mass is 35.5. The fourth-order valence-corrected chi connectivity index (χ4v) is 3.80. The van der Waals surface area contributed by atoms with E-state index in [0.717, 1.165) is 36.4 Å². The summed E-state index contributed by atoms with van der Waals surface area (Å²) in [4.78, 5) is 2.05. The molecule has 7 heteroatoms. The molecule has 1 fully saturated rings. The van der Waals surface area contributed by atoms with Crippen LogP contribution in [0, 0.1) is 0 Å². The number of nitrogens with one attached hydrogen (secondary N) is 1. The maximum Gasteiger partial charge on any atom is 0.173 e. The SMILES string of the molecule is COc1cccc(NC(=S)N(Cc2c(Cl)cccc2Cl)CC2CCCO2)c1. The Balaban J connectivity index is 1.78. The summed E-state index contributed by atoms with van der Waals surface area (Å²) in [5, 5.41) is 5.14. The molecule has 2 aromatic rings. The molecule has 4 nitrogen and oxygen atoms in total. The normalized spacial score (nSPS) is 16.2. The monoisotopic (exact) mass is 424 g/mol. The van der Waals surface area contributed by atoms with Crippen LogP contribution in [0.4, 0.5) is 5.69 Å². The molecule has 0 amide bonds. The first-order valence-electron chi connectivity index (χ1n) is 8.81. The molecule has 0 aliphatic carbocycles. The Bertz CT molecular complexity index is 777. The fraction of sp³-hybridized carbons (Fsp3) is 0.350. The minimum atomic E-state index is 0.149. The number of methoxy groups -OCH3 is 1. The second kappa shape index (κ2) is 9.60. The first-order chi connectivity index (χ1) is 13.1. The minimum Gasteiger partial charge on any atom is -0.497 e. The van der Waals surface area contributed by atoms with Crippen LogP contribution in [0.2, 0.25) is 10.0 Å². The summed E-state index contributed by atoms with van der Waals surface area (Å²) < 4.78 is 11.1. The maximum absolute atomic E-state index is 6.37. The summed E-state index contributed by atoms with van der Waals surface area (Å²) >= 11 is 18.4. The molecule has 0 aromatic heterocycles. The van der Waals surface area contributed by atoms with Gasteiger partial charge in [0.15, 0.2) is 5.11 Å².